The summed E-state index contributed by atoms with van der Waals surface area (Å²) in [5.41, 5.74) is 5.04. The third-order valence-electron chi connectivity index (χ3n) is 6.04. The number of hydrogen-bond donors (Lipinski definition) is 1. The number of nitrogens with zero attached hydrogens (tertiary/aromatic N) is 5. The second-order valence-corrected chi connectivity index (χ2v) is 9.89. The predicted molar refractivity (Wildman–Crippen MR) is 133 cm³/mol. The van der Waals surface area contributed by atoms with E-state index in [9.17, 15) is 4.21 Å². The number of rotatable bonds is 6. The summed E-state index contributed by atoms with van der Waals surface area (Å²) in [7, 11) is 1.18. The van der Waals surface area contributed by atoms with Gasteiger partial charge in [-0.25, -0.2) is 4.52 Å². The van der Waals surface area contributed by atoms with E-state index < -0.39 is 10.8 Å². The molecule has 1 fully saturated rings. The predicted octanol–water partition coefficient (Wildman–Crippen LogP) is 3.62. The molecule has 1 atom stereocenters. The molecule has 8 heteroatoms. The lowest BCUT2D eigenvalue weighted by molar-refractivity contribution is 0.148. The van der Waals surface area contributed by atoms with E-state index in [0.717, 1.165) is 60.1 Å². The van der Waals surface area contributed by atoms with Crippen LogP contribution < -0.4 is 5.32 Å². The second kappa shape index (κ2) is 9.43. The Balaban J connectivity index is 1.36. The minimum atomic E-state index is -0.994. The standard InChI is InChI=1S/C25H28N6OS/c1-29-13-15-30(16-14-29)18-19-5-3-6-21(17-19)26-25-27-24-23(7-4-12-31(24)28-25)20-8-10-22(11-9-20)33(2)32/h3-12,17H,13-16,18H2,1-2H3,(H,26,28). The van der Waals surface area contributed by atoms with Gasteiger partial charge in [0.2, 0.25) is 5.95 Å². The van der Waals surface area contributed by atoms with Crippen molar-refractivity contribution in [3.05, 3.63) is 72.4 Å². The number of anilines is 2. The van der Waals surface area contributed by atoms with Gasteiger partial charge in [0.25, 0.3) is 0 Å². The Kier molecular flexibility index (Phi) is 6.22. The summed E-state index contributed by atoms with van der Waals surface area (Å²) in [6, 6.07) is 20.2. The number of pyridine rings is 1. The van der Waals surface area contributed by atoms with E-state index in [0.29, 0.717) is 5.95 Å². The number of likely N-dealkylation sites (N-methyl/N-ethyl adjacent to an activating group) is 1. The molecule has 1 N–H and O–H groups in total. The topological polar surface area (TPSA) is 65.8 Å². The fraction of sp³-hybridized carbons (Fsp3) is 0.280. The Bertz CT molecular complexity index is 1280. The van der Waals surface area contributed by atoms with Crippen molar-refractivity contribution >= 4 is 28.1 Å². The molecule has 1 unspecified atom stereocenters. The Hall–Kier alpha value is -3.07. The fourth-order valence-electron chi connectivity index (χ4n) is 4.15. The molecule has 0 saturated carbocycles. The van der Waals surface area contributed by atoms with E-state index in [-0.39, 0.29) is 0 Å². The first-order valence-corrected chi connectivity index (χ1v) is 12.7. The van der Waals surface area contributed by atoms with E-state index in [1.807, 2.05) is 48.7 Å². The van der Waals surface area contributed by atoms with Crippen molar-refractivity contribution in [2.45, 2.75) is 11.4 Å². The molecule has 3 heterocycles. The van der Waals surface area contributed by atoms with Crippen LogP contribution in [0.5, 0.6) is 0 Å². The van der Waals surface area contributed by atoms with Gasteiger partial charge in [0.05, 0.1) is 0 Å². The lowest BCUT2D eigenvalue weighted by Gasteiger charge is -2.32. The van der Waals surface area contributed by atoms with E-state index >= 15 is 0 Å². The summed E-state index contributed by atoms with van der Waals surface area (Å²) >= 11 is 0. The molecule has 2 aromatic heterocycles. The maximum absolute atomic E-state index is 11.7. The van der Waals surface area contributed by atoms with Crippen LogP contribution in [0.25, 0.3) is 16.8 Å². The number of hydrogen-bond acceptors (Lipinski definition) is 6. The molecular formula is C25H28N6OS. The van der Waals surface area contributed by atoms with Crippen molar-refractivity contribution in [2.75, 3.05) is 44.8 Å². The van der Waals surface area contributed by atoms with Crippen molar-refractivity contribution in [3.63, 3.8) is 0 Å². The van der Waals surface area contributed by atoms with Crippen LogP contribution in [0.2, 0.25) is 0 Å². The van der Waals surface area contributed by atoms with Crippen molar-refractivity contribution in [1.82, 2.24) is 24.4 Å². The van der Waals surface area contributed by atoms with E-state index in [1.54, 1.807) is 10.8 Å². The van der Waals surface area contributed by atoms with Gasteiger partial charge in [0.15, 0.2) is 5.65 Å². The van der Waals surface area contributed by atoms with Gasteiger partial charge in [-0.1, -0.05) is 24.3 Å². The first-order valence-electron chi connectivity index (χ1n) is 11.1. The van der Waals surface area contributed by atoms with Gasteiger partial charge in [-0.15, -0.1) is 5.10 Å². The average molecular weight is 461 g/mol. The summed E-state index contributed by atoms with van der Waals surface area (Å²) in [4.78, 5) is 10.4. The molecule has 1 aliphatic heterocycles. The molecule has 2 aromatic carbocycles. The zero-order chi connectivity index (χ0) is 22.8. The Morgan fingerprint density at radius 3 is 2.55 bits per heavy atom. The lowest BCUT2D eigenvalue weighted by Crippen LogP contribution is -2.43. The molecule has 0 amide bonds. The largest absolute Gasteiger partial charge is 0.323 e. The molecule has 170 valence electrons. The molecule has 0 spiro atoms. The molecule has 1 saturated heterocycles. The molecule has 4 aromatic rings. The fourth-order valence-corrected chi connectivity index (χ4v) is 4.67. The van der Waals surface area contributed by atoms with Crippen LogP contribution in [0.4, 0.5) is 11.6 Å². The number of aromatic nitrogens is 3. The van der Waals surface area contributed by atoms with Gasteiger partial charge in [-0.2, -0.15) is 4.98 Å². The first-order chi connectivity index (χ1) is 16.0. The van der Waals surface area contributed by atoms with Crippen LogP contribution in [0.15, 0.2) is 71.8 Å². The first kappa shape index (κ1) is 21.8. The molecule has 33 heavy (non-hydrogen) atoms. The third-order valence-corrected chi connectivity index (χ3v) is 6.98. The Morgan fingerprint density at radius 1 is 1.00 bits per heavy atom. The number of piperazine rings is 1. The zero-order valence-corrected chi connectivity index (χ0v) is 19.8. The molecule has 7 nitrogen and oxygen atoms in total. The summed E-state index contributed by atoms with van der Waals surface area (Å²) < 4.78 is 13.5. The number of benzene rings is 2. The number of fused-ring (bicyclic) bond motifs is 1. The number of nitrogens with one attached hydrogen (secondary N) is 1. The minimum Gasteiger partial charge on any atom is -0.323 e. The van der Waals surface area contributed by atoms with Crippen LogP contribution in [0.3, 0.4) is 0 Å². The maximum atomic E-state index is 11.7. The van der Waals surface area contributed by atoms with Crippen LogP contribution in [0, 0.1) is 0 Å². The van der Waals surface area contributed by atoms with Gasteiger partial charge >= 0.3 is 0 Å². The van der Waals surface area contributed by atoms with Gasteiger partial charge in [0, 0.05) is 72.1 Å². The summed E-state index contributed by atoms with van der Waals surface area (Å²) in [6.45, 7) is 5.37. The average Bonchev–Trinajstić information content (AvgIpc) is 3.23. The Morgan fingerprint density at radius 2 is 1.79 bits per heavy atom. The molecule has 5 rings (SSSR count). The van der Waals surface area contributed by atoms with Gasteiger partial charge in [-0.05, 0) is 54.6 Å². The normalized spacial score (nSPS) is 16.2. The molecule has 0 bridgehead atoms. The van der Waals surface area contributed by atoms with Crippen LogP contribution >= 0.6 is 0 Å². The molecule has 0 radical (unpaired) electrons. The highest BCUT2D eigenvalue weighted by atomic mass is 32.2. The SMILES string of the molecule is CN1CCN(Cc2cccc(Nc3nc4c(-c5ccc(S(C)=O)cc5)cccn4n3)c2)CC1. The van der Waals surface area contributed by atoms with Crippen LogP contribution in [-0.2, 0) is 17.3 Å². The van der Waals surface area contributed by atoms with Crippen LogP contribution in [-0.4, -0.2) is 68.1 Å². The molecule has 1 aliphatic rings. The van der Waals surface area contributed by atoms with Gasteiger partial charge in [-0.3, -0.25) is 9.11 Å². The maximum Gasteiger partial charge on any atom is 0.247 e. The van der Waals surface area contributed by atoms with Crippen molar-refractivity contribution in [3.8, 4) is 11.1 Å². The smallest absolute Gasteiger partial charge is 0.247 e. The third kappa shape index (κ3) is 4.98. The minimum absolute atomic E-state index is 0.561. The summed E-state index contributed by atoms with van der Waals surface area (Å²) in [6.07, 6.45) is 3.59. The molecule has 0 aliphatic carbocycles. The van der Waals surface area contributed by atoms with Crippen molar-refractivity contribution in [1.29, 1.82) is 0 Å². The van der Waals surface area contributed by atoms with E-state index in [1.165, 1.54) is 5.56 Å². The zero-order valence-electron chi connectivity index (χ0n) is 18.9. The van der Waals surface area contributed by atoms with E-state index in [2.05, 4.69) is 45.5 Å². The van der Waals surface area contributed by atoms with Gasteiger partial charge < -0.3 is 10.2 Å². The van der Waals surface area contributed by atoms with Crippen LogP contribution in [0.1, 0.15) is 5.56 Å². The summed E-state index contributed by atoms with van der Waals surface area (Å²) in [5, 5.41) is 7.99. The molecular weight excluding hydrogens is 432 g/mol. The lowest BCUT2D eigenvalue weighted by atomic mass is 10.1. The van der Waals surface area contributed by atoms with Gasteiger partial charge in [0.1, 0.15) is 0 Å². The Labute approximate surface area is 196 Å². The van der Waals surface area contributed by atoms with Crippen molar-refractivity contribution in [2.24, 2.45) is 0 Å². The highest BCUT2D eigenvalue weighted by Gasteiger charge is 2.14. The monoisotopic (exact) mass is 460 g/mol. The highest BCUT2D eigenvalue weighted by Crippen LogP contribution is 2.26. The second-order valence-electron chi connectivity index (χ2n) is 8.51. The quantitative estimate of drug-likeness (QED) is 0.474. The van der Waals surface area contributed by atoms with E-state index in [4.69, 9.17) is 4.98 Å². The summed E-state index contributed by atoms with van der Waals surface area (Å²) in [5.74, 6) is 0.561. The highest BCUT2D eigenvalue weighted by molar-refractivity contribution is 7.84. The van der Waals surface area contributed by atoms with Crippen molar-refractivity contribution < 1.29 is 4.21 Å².